The minimum absolute atomic E-state index is 0.268. The highest BCUT2D eigenvalue weighted by atomic mass is 32.2. The van der Waals surface area contributed by atoms with Gasteiger partial charge in [-0.15, -0.1) is 0 Å². The van der Waals surface area contributed by atoms with Crippen LogP contribution < -0.4 is 14.2 Å². The van der Waals surface area contributed by atoms with Gasteiger partial charge in [-0.25, -0.2) is 8.42 Å². The van der Waals surface area contributed by atoms with Crippen molar-refractivity contribution in [2.24, 2.45) is 0 Å². The van der Waals surface area contributed by atoms with E-state index in [1.165, 1.54) is 0 Å². The van der Waals surface area contributed by atoms with E-state index in [1.807, 2.05) is 71.1 Å². The summed E-state index contributed by atoms with van der Waals surface area (Å²) in [7, 11) is -2.28. The van der Waals surface area contributed by atoms with Crippen molar-refractivity contribution in [1.29, 1.82) is 0 Å². The zero-order valence-electron chi connectivity index (χ0n) is 14.7. The molecule has 0 radical (unpaired) electrons. The first-order chi connectivity index (χ1) is 12.9. The number of nitrogens with zero attached hydrogens (tertiary/aromatic N) is 2. The van der Waals surface area contributed by atoms with Crippen LogP contribution in [0, 0.1) is 0 Å². The fraction of sp³-hybridized carbons (Fsp3) is 0.211. The van der Waals surface area contributed by atoms with E-state index >= 15 is 0 Å². The number of ether oxygens (including phenoxy) is 1. The molecule has 2 aromatic carbocycles. The van der Waals surface area contributed by atoms with E-state index in [1.54, 1.807) is 11.3 Å². The van der Waals surface area contributed by atoms with Crippen molar-refractivity contribution in [3.05, 3.63) is 59.4 Å². The normalized spacial score (nSPS) is 15.3. The molecule has 4 rings (SSSR count). The molecule has 0 bridgehead atoms. The number of benzene rings is 2. The van der Waals surface area contributed by atoms with E-state index < -0.39 is 10.1 Å². The first-order valence-corrected chi connectivity index (χ1v) is 10.9. The Labute approximate surface area is 161 Å². The number of para-hydroxylation sites is 3. The summed E-state index contributed by atoms with van der Waals surface area (Å²) in [5.74, 6) is 1.13. The highest BCUT2D eigenvalue weighted by molar-refractivity contribution is 7.85. The molecule has 27 heavy (non-hydrogen) atoms. The number of thiazole rings is 1. The standard InChI is InChI=1S/C19H18N2O4S2/c1-20-14-7-2-4-9-16(14)25-18(20)13-19-21(11-6-12-27(22,23)24)15-8-3-5-10-17(15)26-19/h2-5,7-10,13H,6,11-12H2,1H3. The molecule has 0 saturated heterocycles. The van der Waals surface area contributed by atoms with Crippen molar-refractivity contribution in [1.82, 2.24) is 0 Å². The van der Waals surface area contributed by atoms with Gasteiger partial charge in [-0.2, -0.15) is 4.57 Å². The lowest BCUT2D eigenvalue weighted by Gasteiger charge is -2.10. The number of hydrogen-bond donors (Lipinski definition) is 0. The Balaban J connectivity index is 1.70. The van der Waals surface area contributed by atoms with E-state index in [4.69, 9.17) is 4.74 Å². The van der Waals surface area contributed by atoms with Gasteiger partial charge < -0.3 is 14.2 Å². The van der Waals surface area contributed by atoms with Gasteiger partial charge in [0.25, 0.3) is 5.01 Å². The molecule has 3 aromatic rings. The van der Waals surface area contributed by atoms with Gasteiger partial charge in [0.05, 0.1) is 21.9 Å². The fourth-order valence-electron chi connectivity index (χ4n) is 3.14. The lowest BCUT2D eigenvalue weighted by Crippen LogP contribution is -2.36. The van der Waals surface area contributed by atoms with Crippen LogP contribution in [0.4, 0.5) is 5.69 Å². The molecule has 140 valence electrons. The van der Waals surface area contributed by atoms with Gasteiger partial charge in [0.1, 0.15) is 4.70 Å². The predicted molar refractivity (Wildman–Crippen MR) is 105 cm³/mol. The van der Waals surface area contributed by atoms with Gasteiger partial charge in [-0.3, -0.25) is 0 Å². The van der Waals surface area contributed by atoms with E-state index in [-0.39, 0.29) is 12.2 Å². The summed E-state index contributed by atoms with van der Waals surface area (Å²) in [5.41, 5.74) is 2.00. The topological polar surface area (TPSA) is 73.6 Å². The maximum absolute atomic E-state index is 11.0. The minimum atomic E-state index is -4.22. The molecule has 8 heteroatoms. The van der Waals surface area contributed by atoms with Crippen LogP contribution in [0.5, 0.6) is 5.75 Å². The molecular weight excluding hydrogens is 384 g/mol. The molecule has 0 unspecified atom stereocenters. The lowest BCUT2D eigenvalue weighted by molar-refractivity contribution is -0.668. The summed E-state index contributed by atoms with van der Waals surface area (Å²) in [6.07, 6.45) is 2.22. The predicted octanol–water partition coefficient (Wildman–Crippen LogP) is 2.95. The SMILES string of the molecule is CN1/C(=C/c2sc3ccccc3[n+]2CCCS(=O)(=O)[O-])Oc2ccccc21. The molecule has 6 nitrogen and oxygen atoms in total. The summed E-state index contributed by atoms with van der Waals surface area (Å²) in [4.78, 5) is 1.98. The molecule has 2 heterocycles. The van der Waals surface area contributed by atoms with Crippen molar-refractivity contribution in [2.75, 3.05) is 17.7 Å². The number of aromatic nitrogens is 1. The third-order valence-corrected chi connectivity index (χ3v) is 6.33. The Morgan fingerprint density at radius 1 is 1.19 bits per heavy atom. The molecule has 0 spiro atoms. The quantitative estimate of drug-likeness (QED) is 0.485. The Kier molecular flexibility index (Phi) is 4.63. The number of hydrogen-bond acceptors (Lipinski definition) is 6. The van der Waals surface area contributed by atoms with Gasteiger partial charge in [0, 0.05) is 25.3 Å². The molecule has 0 amide bonds. The first-order valence-electron chi connectivity index (χ1n) is 8.50. The molecule has 0 atom stereocenters. The van der Waals surface area contributed by atoms with Crippen LogP contribution in [-0.2, 0) is 16.7 Å². The third kappa shape index (κ3) is 3.69. The van der Waals surface area contributed by atoms with Gasteiger partial charge >= 0.3 is 0 Å². The Bertz CT molecular complexity index is 1140. The highest BCUT2D eigenvalue weighted by Crippen LogP contribution is 2.38. The summed E-state index contributed by atoms with van der Waals surface area (Å²) < 4.78 is 42.0. The molecular formula is C19H18N2O4S2. The van der Waals surface area contributed by atoms with Crippen molar-refractivity contribution in [2.45, 2.75) is 13.0 Å². The second-order valence-electron chi connectivity index (χ2n) is 6.29. The van der Waals surface area contributed by atoms with E-state index in [0.29, 0.717) is 12.4 Å². The molecule has 0 aliphatic carbocycles. The summed E-state index contributed by atoms with van der Waals surface area (Å²) in [6.45, 7) is 0.446. The molecule has 0 N–H and O–H groups in total. The first kappa shape index (κ1) is 18.0. The Hall–Kier alpha value is -2.42. The van der Waals surface area contributed by atoms with Crippen molar-refractivity contribution in [3.8, 4) is 5.75 Å². The van der Waals surface area contributed by atoms with Crippen LogP contribution in [0.15, 0.2) is 54.4 Å². The van der Waals surface area contributed by atoms with Gasteiger partial charge in [0.2, 0.25) is 11.4 Å². The maximum Gasteiger partial charge on any atom is 0.268 e. The average Bonchev–Trinajstić information content (AvgIpc) is 3.13. The lowest BCUT2D eigenvalue weighted by atomic mass is 10.3. The van der Waals surface area contributed by atoms with Gasteiger partial charge in [-0.1, -0.05) is 35.6 Å². The number of aryl methyl sites for hydroxylation is 1. The number of anilines is 1. The molecule has 1 aromatic heterocycles. The van der Waals surface area contributed by atoms with Crippen LogP contribution in [0.3, 0.4) is 0 Å². The Morgan fingerprint density at radius 3 is 2.70 bits per heavy atom. The van der Waals surface area contributed by atoms with Crippen molar-refractivity contribution >= 4 is 43.4 Å². The zero-order valence-corrected chi connectivity index (χ0v) is 16.3. The van der Waals surface area contributed by atoms with Crippen molar-refractivity contribution in [3.63, 3.8) is 0 Å². The van der Waals surface area contributed by atoms with Crippen LogP contribution in [-0.4, -0.2) is 25.8 Å². The highest BCUT2D eigenvalue weighted by Gasteiger charge is 2.26. The van der Waals surface area contributed by atoms with Gasteiger partial charge in [0.15, 0.2) is 12.3 Å². The second kappa shape index (κ2) is 6.95. The molecule has 0 fully saturated rings. The summed E-state index contributed by atoms with van der Waals surface area (Å²) in [6, 6.07) is 15.7. The van der Waals surface area contributed by atoms with E-state index in [0.717, 1.165) is 26.7 Å². The minimum Gasteiger partial charge on any atom is -0.748 e. The third-order valence-electron chi connectivity index (χ3n) is 4.43. The molecule has 1 aliphatic rings. The van der Waals surface area contributed by atoms with Gasteiger partial charge in [-0.05, 0) is 18.2 Å². The van der Waals surface area contributed by atoms with E-state index in [2.05, 4.69) is 0 Å². The largest absolute Gasteiger partial charge is 0.748 e. The second-order valence-corrected chi connectivity index (χ2v) is 8.87. The maximum atomic E-state index is 11.0. The van der Waals surface area contributed by atoms with Crippen LogP contribution in [0.25, 0.3) is 16.3 Å². The number of rotatable bonds is 5. The van der Waals surface area contributed by atoms with E-state index in [9.17, 15) is 13.0 Å². The van der Waals surface area contributed by atoms with Crippen molar-refractivity contribution < 1.29 is 22.3 Å². The number of fused-ring (bicyclic) bond motifs is 2. The average molecular weight is 402 g/mol. The fourth-order valence-corrected chi connectivity index (χ4v) is 4.74. The monoisotopic (exact) mass is 402 g/mol. The summed E-state index contributed by atoms with van der Waals surface area (Å²) >= 11 is 1.60. The van der Waals surface area contributed by atoms with Crippen LogP contribution >= 0.6 is 11.3 Å². The van der Waals surface area contributed by atoms with Crippen LogP contribution in [0.2, 0.25) is 0 Å². The smallest absolute Gasteiger partial charge is 0.268 e. The molecule has 0 saturated carbocycles. The molecule has 1 aliphatic heterocycles. The zero-order chi connectivity index (χ0) is 19.0. The summed E-state index contributed by atoms with van der Waals surface area (Å²) in [5, 5.41) is 0.939. The Morgan fingerprint density at radius 2 is 1.93 bits per heavy atom. The van der Waals surface area contributed by atoms with Crippen LogP contribution in [0.1, 0.15) is 11.4 Å².